The molecule has 1 aromatic carbocycles. The van der Waals surface area contributed by atoms with Gasteiger partial charge >= 0.3 is 0 Å². The van der Waals surface area contributed by atoms with E-state index >= 15 is 0 Å². The summed E-state index contributed by atoms with van der Waals surface area (Å²) in [5, 5.41) is 0. The molecule has 0 bridgehead atoms. The predicted octanol–water partition coefficient (Wildman–Crippen LogP) is 5.79. The van der Waals surface area contributed by atoms with Gasteiger partial charge in [0.1, 0.15) is 4.21 Å². The largest absolute Gasteiger partial charge is 0.440 e. The molecule has 5 nitrogen and oxygen atoms in total. The van der Waals surface area contributed by atoms with Crippen molar-refractivity contribution >= 4 is 27.0 Å². The van der Waals surface area contributed by atoms with Gasteiger partial charge in [-0.1, -0.05) is 30.5 Å². The van der Waals surface area contributed by atoms with Gasteiger partial charge in [-0.3, -0.25) is 4.72 Å². The van der Waals surface area contributed by atoms with Crippen molar-refractivity contribution in [3.05, 3.63) is 53.0 Å². The van der Waals surface area contributed by atoms with Gasteiger partial charge in [0.2, 0.25) is 0 Å². The fourth-order valence-corrected chi connectivity index (χ4v) is 6.34. The third-order valence-electron chi connectivity index (χ3n) is 5.23. The highest BCUT2D eigenvalue weighted by atomic mass is 32.2. The number of anilines is 1. The summed E-state index contributed by atoms with van der Waals surface area (Å²) in [5.41, 5.74) is 3.58. The molecule has 4 rings (SSSR count). The number of rotatable bonds is 5. The van der Waals surface area contributed by atoms with E-state index in [9.17, 15) is 8.42 Å². The molecule has 0 radical (unpaired) electrons. The van der Waals surface area contributed by atoms with Crippen LogP contribution < -0.4 is 4.72 Å². The van der Waals surface area contributed by atoms with Crippen LogP contribution in [0.4, 0.5) is 5.69 Å². The molecule has 0 amide bonds. The number of nitrogens with one attached hydrogen (secondary N) is 1. The molecule has 1 saturated carbocycles. The van der Waals surface area contributed by atoms with Crippen LogP contribution in [0.25, 0.3) is 10.6 Å². The lowest BCUT2D eigenvalue weighted by Crippen LogP contribution is -2.13. The number of nitrogens with zero attached hydrogens (tertiary/aromatic N) is 1. The van der Waals surface area contributed by atoms with Gasteiger partial charge in [0.15, 0.2) is 11.7 Å². The summed E-state index contributed by atoms with van der Waals surface area (Å²) in [6.07, 6.45) is 6.37. The molecule has 1 aliphatic carbocycles. The third-order valence-corrected chi connectivity index (χ3v) is 8.17. The van der Waals surface area contributed by atoms with Crippen LogP contribution in [-0.4, -0.2) is 13.4 Å². The van der Waals surface area contributed by atoms with Gasteiger partial charge in [-0.25, -0.2) is 13.4 Å². The topological polar surface area (TPSA) is 72.2 Å². The van der Waals surface area contributed by atoms with E-state index in [1.807, 2.05) is 32.9 Å². The molecule has 0 unspecified atom stereocenters. The Balaban J connectivity index is 1.58. The van der Waals surface area contributed by atoms with Crippen molar-refractivity contribution in [1.82, 2.24) is 4.98 Å². The predicted molar refractivity (Wildman–Crippen MR) is 112 cm³/mol. The van der Waals surface area contributed by atoms with Crippen molar-refractivity contribution in [2.45, 2.75) is 56.6 Å². The first-order valence-corrected chi connectivity index (χ1v) is 11.8. The molecule has 0 aliphatic heterocycles. The maximum Gasteiger partial charge on any atom is 0.271 e. The maximum absolute atomic E-state index is 12.9. The van der Waals surface area contributed by atoms with Gasteiger partial charge < -0.3 is 4.42 Å². The summed E-state index contributed by atoms with van der Waals surface area (Å²) < 4.78 is 34.8. The van der Waals surface area contributed by atoms with Gasteiger partial charge in [0.25, 0.3) is 10.0 Å². The quantitative estimate of drug-likeness (QED) is 0.572. The molecule has 0 atom stereocenters. The average molecular weight is 417 g/mol. The molecular formula is C21H24N2O3S2. The van der Waals surface area contributed by atoms with Crippen LogP contribution in [0.15, 0.2) is 39.1 Å². The Hall–Kier alpha value is -2.12. The molecule has 7 heteroatoms. The maximum atomic E-state index is 12.9. The minimum atomic E-state index is -3.66. The molecular weight excluding hydrogens is 392 g/mol. The zero-order valence-electron chi connectivity index (χ0n) is 16.3. The number of oxazole rings is 1. The number of hydrogen-bond donors (Lipinski definition) is 1. The minimum absolute atomic E-state index is 0.265. The second kappa shape index (κ2) is 7.37. The van der Waals surface area contributed by atoms with E-state index in [-0.39, 0.29) is 4.21 Å². The molecule has 3 aromatic rings. The zero-order chi connectivity index (χ0) is 19.9. The van der Waals surface area contributed by atoms with E-state index in [0.717, 1.165) is 40.3 Å². The van der Waals surface area contributed by atoms with Crippen molar-refractivity contribution in [2.75, 3.05) is 4.72 Å². The summed E-state index contributed by atoms with van der Waals surface area (Å²) in [6.45, 7) is 5.83. The summed E-state index contributed by atoms with van der Waals surface area (Å²) in [5.74, 6) is 1.80. The standard InChI is InChI=1S/C21H24N2O3S2/c1-13-10-14(2)20(15(3)11-13)23-28(24,25)19-9-8-18(27-19)17-12-22-21(26-17)16-6-4-5-7-16/h8-12,16,23H,4-7H2,1-3H3. The Bertz CT molecular complexity index is 1080. The number of aryl methyl sites for hydroxylation is 3. The lowest BCUT2D eigenvalue weighted by molar-refractivity contribution is 0.458. The normalized spacial score (nSPS) is 15.2. The van der Waals surface area contributed by atoms with Gasteiger partial charge in [-0.2, -0.15) is 0 Å². The fraction of sp³-hybridized carbons (Fsp3) is 0.381. The lowest BCUT2D eigenvalue weighted by atomic mass is 10.1. The smallest absolute Gasteiger partial charge is 0.271 e. The molecule has 28 heavy (non-hydrogen) atoms. The zero-order valence-corrected chi connectivity index (χ0v) is 17.9. The Morgan fingerprint density at radius 1 is 1.11 bits per heavy atom. The SMILES string of the molecule is Cc1cc(C)c(NS(=O)(=O)c2ccc(-c3cnc(C4CCCC4)o3)s2)c(C)c1. The van der Waals surface area contributed by atoms with Crippen LogP contribution in [0.5, 0.6) is 0 Å². The first-order chi connectivity index (χ1) is 13.3. The summed E-state index contributed by atoms with van der Waals surface area (Å²) >= 11 is 1.20. The van der Waals surface area contributed by atoms with E-state index in [1.54, 1.807) is 18.3 Å². The molecule has 0 spiro atoms. The summed E-state index contributed by atoms with van der Waals surface area (Å²) in [6, 6.07) is 7.36. The van der Waals surface area contributed by atoms with E-state index in [4.69, 9.17) is 4.42 Å². The Morgan fingerprint density at radius 3 is 2.46 bits per heavy atom. The van der Waals surface area contributed by atoms with Gasteiger partial charge in [0, 0.05) is 5.92 Å². The fourth-order valence-electron chi connectivity index (χ4n) is 3.89. The first-order valence-electron chi connectivity index (χ1n) is 9.50. The van der Waals surface area contributed by atoms with Crippen LogP contribution in [0.1, 0.15) is 54.2 Å². The summed E-state index contributed by atoms with van der Waals surface area (Å²) in [7, 11) is -3.66. The molecule has 1 fully saturated rings. The highest BCUT2D eigenvalue weighted by Crippen LogP contribution is 2.37. The van der Waals surface area contributed by atoms with Crippen molar-refractivity contribution in [2.24, 2.45) is 0 Å². The van der Waals surface area contributed by atoms with Crippen molar-refractivity contribution in [3.8, 4) is 10.6 Å². The monoisotopic (exact) mass is 416 g/mol. The highest BCUT2D eigenvalue weighted by Gasteiger charge is 2.24. The van der Waals surface area contributed by atoms with Crippen molar-refractivity contribution in [1.29, 1.82) is 0 Å². The van der Waals surface area contributed by atoms with Crippen LogP contribution in [-0.2, 0) is 10.0 Å². The highest BCUT2D eigenvalue weighted by molar-refractivity contribution is 7.94. The number of sulfonamides is 1. The van der Waals surface area contributed by atoms with Crippen LogP contribution in [0.3, 0.4) is 0 Å². The number of benzene rings is 1. The average Bonchev–Trinajstić information content (AvgIpc) is 3.38. The lowest BCUT2D eigenvalue weighted by Gasteiger charge is -2.13. The van der Waals surface area contributed by atoms with Crippen molar-refractivity contribution < 1.29 is 12.8 Å². The number of hydrogen-bond acceptors (Lipinski definition) is 5. The first kappa shape index (κ1) is 19.2. The van der Waals surface area contributed by atoms with Gasteiger partial charge in [-0.15, -0.1) is 11.3 Å². The Morgan fingerprint density at radius 2 is 1.79 bits per heavy atom. The van der Waals surface area contributed by atoms with Crippen LogP contribution >= 0.6 is 11.3 Å². The van der Waals surface area contributed by atoms with Crippen LogP contribution in [0.2, 0.25) is 0 Å². The molecule has 1 aliphatic rings. The van der Waals surface area contributed by atoms with Gasteiger partial charge in [0.05, 0.1) is 16.8 Å². The molecule has 1 N–H and O–H groups in total. The molecule has 2 aromatic heterocycles. The third kappa shape index (κ3) is 3.73. The van der Waals surface area contributed by atoms with Crippen molar-refractivity contribution in [3.63, 3.8) is 0 Å². The Labute approximate surface area is 169 Å². The van der Waals surface area contributed by atoms with E-state index < -0.39 is 10.0 Å². The van der Waals surface area contributed by atoms with E-state index in [1.165, 1.54) is 24.2 Å². The second-order valence-electron chi connectivity index (χ2n) is 7.54. The van der Waals surface area contributed by atoms with E-state index in [0.29, 0.717) is 17.4 Å². The molecule has 2 heterocycles. The molecule has 148 valence electrons. The second-order valence-corrected chi connectivity index (χ2v) is 10.5. The Kier molecular flexibility index (Phi) is 5.05. The number of aromatic nitrogens is 1. The summed E-state index contributed by atoms with van der Waals surface area (Å²) in [4.78, 5) is 5.19. The van der Waals surface area contributed by atoms with Crippen LogP contribution in [0, 0.1) is 20.8 Å². The number of thiophene rings is 1. The van der Waals surface area contributed by atoms with E-state index in [2.05, 4.69) is 9.71 Å². The van der Waals surface area contributed by atoms with Gasteiger partial charge in [-0.05, 0) is 56.9 Å². The minimum Gasteiger partial charge on any atom is -0.440 e. The molecule has 0 saturated heterocycles.